The van der Waals surface area contributed by atoms with E-state index in [2.05, 4.69) is 43.3 Å². The van der Waals surface area contributed by atoms with Gasteiger partial charge in [-0.3, -0.25) is 0 Å². The zero-order valence-electron chi connectivity index (χ0n) is 13.2. The van der Waals surface area contributed by atoms with Gasteiger partial charge in [0, 0.05) is 16.1 Å². The maximum absolute atomic E-state index is 9.59. The first kappa shape index (κ1) is 15.5. The average molecular weight is 329 g/mol. The molecular weight excluding hydrogens is 308 g/mol. The highest BCUT2D eigenvalue weighted by Gasteiger charge is 2.31. The van der Waals surface area contributed by atoms with Crippen LogP contribution in [0.3, 0.4) is 0 Å². The molecule has 3 rings (SSSR count). The van der Waals surface area contributed by atoms with E-state index in [1.165, 1.54) is 17.7 Å². The molecule has 1 atom stereocenters. The lowest BCUT2D eigenvalue weighted by Gasteiger charge is -2.35. The SMILES string of the molecule is CC(C)(C)[C@@H]1CCc2[nH]c(=S)c(C#N)c(-c3cccs3)c2C1. The summed E-state index contributed by atoms with van der Waals surface area (Å²) < 4.78 is 0.582. The largest absolute Gasteiger partial charge is 0.349 e. The van der Waals surface area contributed by atoms with E-state index in [-0.39, 0.29) is 5.41 Å². The average Bonchev–Trinajstić information content (AvgIpc) is 2.98. The molecule has 0 spiro atoms. The molecule has 2 aromatic heterocycles. The van der Waals surface area contributed by atoms with Crippen molar-refractivity contribution < 1.29 is 0 Å². The molecule has 0 fully saturated rings. The van der Waals surface area contributed by atoms with E-state index in [0.717, 1.165) is 23.3 Å². The molecule has 0 aromatic carbocycles. The number of hydrogen-bond donors (Lipinski definition) is 1. The Morgan fingerprint density at radius 2 is 2.18 bits per heavy atom. The van der Waals surface area contributed by atoms with Crippen LogP contribution in [-0.4, -0.2) is 4.98 Å². The summed E-state index contributed by atoms with van der Waals surface area (Å²) >= 11 is 7.11. The number of aromatic nitrogens is 1. The molecule has 1 aliphatic rings. The van der Waals surface area contributed by atoms with Gasteiger partial charge in [-0.05, 0) is 47.6 Å². The van der Waals surface area contributed by atoms with Crippen molar-refractivity contribution in [3.63, 3.8) is 0 Å². The Hall–Kier alpha value is -1.44. The summed E-state index contributed by atoms with van der Waals surface area (Å²) in [6.45, 7) is 6.93. The number of hydrogen-bond acceptors (Lipinski definition) is 3. The van der Waals surface area contributed by atoms with Crippen molar-refractivity contribution >= 4 is 23.6 Å². The minimum atomic E-state index is 0.282. The first-order valence-corrected chi connectivity index (χ1v) is 8.92. The van der Waals surface area contributed by atoms with Gasteiger partial charge in [0.05, 0.1) is 5.56 Å². The monoisotopic (exact) mass is 328 g/mol. The summed E-state index contributed by atoms with van der Waals surface area (Å²) in [5.74, 6) is 0.634. The van der Waals surface area contributed by atoms with Gasteiger partial charge >= 0.3 is 0 Å². The quantitative estimate of drug-likeness (QED) is 0.703. The maximum atomic E-state index is 9.59. The Kier molecular flexibility index (Phi) is 3.96. The minimum absolute atomic E-state index is 0.282. The first-order valence-electron chi connectivity index (χ1n) is 7.64. The number of nitriles is 1. The lowest BCUT2D eigenvalue weighted by Crippen LogP contribution is -2.28. The normalized spacial score (nSPS) is 17.8. The van der Waals surface area contributed by atoms with Crippen LogP contribution >= 0.6 is 23.6 Å². The zero-order chi connectivity index (χ0) is 15.9. The third kappa shape index (κ3) is 2.64. The summed E-state index contributed by atoms with van der Waals surface area (Å²) in [6.07, 6.45) is 3.22. The Bertz CT molecular complexity index is 786. The lowest BCUT2D eigenvalue weighted by atomic mass is 9.70. The highest BCUT2D eigenvalue weighted by atomic mass is 32.1. The Morgan fingerprint density at radius 3 is 2.77 bits per heavy atom. The smallest absolute Gasteiger partial charge is 0.122 e. The summed E-state index contributed by atoms with van der Waals surface area (Å²) in [5, 5.41) is 11.7. The lowest BCUT2D eigenvalue weighted by molar-refractivity contribution is 0.215. The van der Waals surface area contributed by atoms with Crippen molar-refractivity contribution in [2.45, 2.75) is 40.0 Å². The highest BCUT2D eigenvalue weighted by Crippen LogP contribution is 2.42. The number of fused-ring (bicyclic) bond motifs is 1. The molecule has 0 saturated heterocycles. The second-order valence-electron chi connectivity index (χ2n) is 7.06. The number of nitrogens with zero attached hydrogens (tertiary/aromatic N) is 1. The van der Waals surface area contributed by atoms with E-state index in [9.17, 15) is 5.26 Å². The maximum Gasteiger partial charge on any atom is 0.122 e. The van der Waals surface area contributed by atoms with Crippen LogP contribution in [0.5, 0.6) is 0 Å². The molecule has 2 nitrogen and oxygen atoms in total. The Labute approximate surface area is 140 Å². The Balaban J connectivity index is 2.23. The molecule has 0 radical (unpaired) electrons. The summed E-state index contributed by atoms with van der Waals surface area (Å²) in [7, 11) is 0. The topological polar surface area (TPSA) is 39.6 Å². The van der Waals surface area contributed by atoms with Gasteiger partial charge in [0.15, 0.2) is 0 Å². The van der Waals surface area contributed by atoms with E-state index in [1.54, 1.807) is 11.3 Å². The minimum Gasteiger partial charge on any atom is -0.349 e. The van der Waals surface area contributed by atoms with E-state index in [1.807, 2.05) is 6.07 Å². The van der Waals surface area contributed by atoms with Crippen molar-refractivity contribution in [1.29, 1.82) is 5.26 Å². The third-order valence-electron chi connectivity index (χ3n) is 4.70. The third-order valence-corrected chi connectivity index (χ3v) is 5.90. The molecule has 0 unspecified atom stereocenters. The van der Waals surface area contributed by atoms with Crippen LogP contribution in [0.1, 0.15) is 44.0 Å². The van der Waals surface area contributed by atoms with Gasteiger partial charge in [-0.1, -0.05) is 39.1 Å². The van der Waals surface area contributed by atoms with Crippen molar-refractivity contribution in [1.82, 2.24) is 4.98 Å². The molecule has 0 saturated carbocycles. The van der Waals surface area contributed by atoms with Gasteiger partial charge in [0.1, 0.15) is 10.7 Å². The van der Waals surface area contributed by atoms with E-state index < -0.39 is 0 Å². The number of rotatable bonds is 1. The number of aromatic amines is 1. The van der Waals surface area contributed by atoms with Gasteiger partial charge in [-0.15, -0.1) is 11.3 Å². The first-order chi connectivity index (χ1) is 10.4. The van der Waals surface area contributed by atoms with Crippen molar-refractivity contribution in [2.75, 3.05) is 0 Å². The van der Waals surface area contributed by atoms with E-state index in [0.29, 0.717) is 16.1 Å². The summed E-state index contributed by atoms with van der Waals surface area (Å²) in [5.41, 5.74) is 4.52. The Morgan fingerprint density at radius 1 is 1.41 bits per heavy atom. The molecular formula is C18H20N2S2. The van der Waals surface area contributed by atoms with Crippen LogP contribution < -0.4 is 0 Å². The molecule has 0 bridgehead atoms. The van der Waals surface area contributed by atoms with Crippen LogP contribution in [0.15, 0.2) is 17.5 Å². The summed E-state index contributed by atoms with van der Waals surface area (Å²) in [6, 6.07) is 6.46. The fourth-order valence-corrected chi connectivity index (χ4v) is 4.41. The van der Waals surface area contributed by atoms with Gasteiger partial charge < -0.3 is 4.98 Å². The molecule has 114 valence electrons. The second-order valence-corrected chi connectivity index (χ2v) is 8.41. The number of aryl methyl sites for hydroxylation is 1. The van der Waals surface area contributed by atoms with Crippen LogP contribution in [0.2, 0.25) is 0 Å². The van der Waals surface area contributed by atoms with Crippen molar-refractivity contribution in [2.24, 2.45) is 11.3 Å². The molecule has 1 aliphatic carbocycles. The van der Waals surface area contributed by atoms with Crippen molar-refractivity contribution in [3.8, 4) is 16.5 Å². The molecule has 4 heteroatoms. The van der Waals surface area contributed by atoms with Gasteiger partial charge in [0.2, 0.25) is 0 Å². The van der Waals surface area contributed by atoms with Crippen LogP contribution in [0.4, 0.5) is 0 Å². The molecule has 0 aliphatic heterocycles. The molecule has 2 aromatic rings. The predicted octanol–water partition coefficient (Wildman–Crippen LogP) is 5.50. The zero-order valence-corrected chi connectivity index (χ0v) is 14.8. The number of thiophene rings is 1. The van der Waals surface area contributed by atoms with Gasteiger partial charge in [0.25, 0.3) is 0 Å². The molecule has 1 N–H and O–H groups in total. The molecule has 22 heavy (non-hydrogen) atoms. The van der Waals surface area contributed by atoms with E-state index in [4.69, 9.17) is 12.2 Å². The van der Waals surface area contributed by atoms with E-state index >= 15 is 0 Å². The van der Waals surface area contributed by atoms with Crippen LogP contribution in [0.25, 0.3) is 10.4 Å². The fourth-order valence-electron chi connectivity index (χ4n) is 3.33. The van der Waals surface area contributed by atoms with Crippen LogP contribution in [-0.2, 0) is 12.8 Å². The highest BCUT2D eigenvalue weighted by molar-refractivity contribution is 7.71. The molecule has 2 heterocycles. The summed E-state index contributed by atoms with van der Waals surface area (Å²) in [4.78, 5) is 4.47. The number of H-pyrrole nitrogens is 1. The van der Waals surface area contributed by atoms with Crippen LogP contribution in [0, 0.1) is 27.3 Å². The molecule has 0 amide bonds. The number of pyridine rings is 1. The van der Waals surface area contributed by atoms with Gasteiger partial charge in [-0.25, -0.2) is 0 Å². The fraction of sp³-hybridized carbons (Fsp3) is 0.444. The number of nitrogens with one attached hydrogen (secondary N) is 1. The predicted molar refractivity (Wildman–Crippen MR) is 94.6 cm³/mol. The second kappa shape index (κ2) is 5.64. The van der Waals surface area contributed by atoms with Gasteiger partial charge in [-0.2, -0.15) is 5.26 Å². The van der Waals surface area contributed by atoms with Crippen molar-refractivity contribution in [3.05, 3.63) is 39.0 Å². The standard InChI is InChI=1S/C18H20N2S2/c1-18(2,3)11-6-7-14-12(9-11)16(15-5-4-8-22-15)13(10-19)17(21)20-14/h4-5,8,11H,6-7,9H2,1-3H3,(H,20,21)/t11-/m1/s1.